The zero-order chi connectivity index (χ0) is 16.8. The van der Waals surface area contributed by atoms with Gasteiger partial charge in [0.25, 0.3) is 0 Å². The van der Waals surface area contributed by atoms with Crippen molar-refractivity contribution in [3.8, 4) is 0 Å². The van der Waals surface area contributed by atoms with E-state index in [4.69, 9.17) is 0 Å². The summed E-state index contributed by atoms with van der Waals surface area (Å²) in [4.78, 5) is 16.2. The summed E-state index contributed by atoms with van der Waals surface area (Å²) in [6.07, 6.45) is 2.33. The summed E-state index contributed by atoms with van der Waals surface area (Å²) in [5, 5.41) is 3.07. The summed E-state index contributed by atoms with van der Waals surface area (Å²) in [6.45, 7) is 10.3. The van der Waals surface area contributed by atoms with Crippen molar-refractivity contribution in [1.82, 2.24) is 15.1 Å². The summed E-state index contributed by atoms with van der Waals surface area (Å²) in [7, 11) is 1.85. The average Bonchev–Trinajstić information content (AvgIpc) is 2.55. The maximum atomic E-state index is 12.0. The molecule has 1 aliphatic rings. The van der Waals surface area contributed by atoms with Gasteiger partial charge in [0.2, 0.25) is 0 Å². The van der Waals surface area contributed by atoms with E-state index in [9.17, 15) is 4.79 Å². The Balaban J connectivity index is 1.69. The van der Waals surface area contributed by atoms with Crippen LogP contribution < -0.4 is 5.32 Å². The molecule has 0 radical (unpaired) electrons. The van der Waals surface area contributed by atoms with Crippen LogP contribution in [0.1, 0.15) is 37.8 Å². The van der Waals surface area contributed by atoms with E-state index >= 15 is 0 Å². The molecule has 4 heteroatoms. The molecule has 1 heterocycles. The molecular weight excluding hydrogens is 286 g/mol. The summed E-state index contributed by atoms with van der Waals surface area (Å²) in [5.74, 6) is 0.605. The van der Waals surface area contributed by atoms with Crippen LogP contribution in [-0.2, 0) is 6.54 Å². The molecule has 0 bridgehead atoms. The van der Waals surface area contributed by atoms with Crippen LogP contribution in [0.15, 0.2) is 24.3 Å². The van der Waals surface area contributed by atoms with Crippen LogP contribution in [-0.4, -0.2) is 48.6 Å². The minimum atomic E-state index is 0.0436. The van der Waals surface area contributed by atoms with E-state index in [0.717, 1.165) is 39.0 Å². The third kappa shape index (κ3) is 5.54. The van der Waals surface area contributed by atoms with Crippen molar-refractivity contribution in [2.45, 2.75) is 46.2 Å². The fourth-order valence-electron chi connectivity index (χ4n) is 2.89. The van der Waals surface area contributed by atoms with Crippen LogP contribution >= 0.6 is 0 Å². The minimum absolute atomic E-state index is 0.0436. The van der Waals surface area contributed by atoms with Gasteiger partial charge in [-0.2, -0.15) is 0 Å². The van der Waals surface area contributed by atoms with Gasteiger partial charge in [-0.05, 0) is 58.2 Å². The van der Waals surface area contributed by atoms with Crippen molar-refractivity contribution in [3.63, 3.8) is 0 Å². The molecule has 1 aliphatic heterocycles. The van der Waals surface area contributed by atoms with E-state index in [-0.39, 0.29) is 12.1 Å². The number of benzene rings is 1. The molecule has 0 atom stereocenters. The summed E-state index contributed by atoms with van der Waals surface area (Å²) in [6, 6.07) is 9.10. The second-order valence-electron chi connectivity index (χ2n) is 7.10. The number of hydrogen-bond donors (Lipinski definition) is 1. The van der Waals surface area contributed by atoms with Crippen molar-refractivity contribution >= 4 is 6.03 Å². The summed E-state index contributed by atoms with van der Waals surface area (Å²) >= 11 is 0. The molecule has 23 heavy (non-hydrogen) atoms. The SMILES string of the molecule is Cc1ccc(CN2CCC(CNC(=O)N(C)C(C)C)CC2)cc1. The van der Waals surface area contributed by atoms with Gasteiger partial charge < -0.3 is 10.2 Å². The smallest absolute Gasteiger partial charge is 0.317 e. The molecule has 1 saturated heterocycles. The van der Waals surface area contributed by atoms with Gasteiger partial charge in [0.05, 0.1) is 0 Å². The highest BCUT2D eigenvalue weighted by molar-refractivity contribution is 5.74. The molecule has 128 valence electrons. The molecule has 1 aromatic carbocycles. The normalized spacial score (nSPS) is 16.6. The highest BCUT2D eigenvalue weighted by atomic mass is 16.2. The van der Waals surface area contributed by atoms with E-state index in [1.54, 1.807) is 4.90 Å². The maximum absolute atomic E-state index is 12.0. The van der Waals surface area contributed by atoms with E-state index in [0.29, 0.717) is 5.92 Å². The Morgan fingerprint density at radius 2 is 1.87 bits per heavy atom. The Kier molecular flexibility index (Phi) is 6.46. The predicted octanol–water partition coefficient (Wildman–Crippen LogP) is 3.26. The van der Waals surface area contributed by atoms with Crippen LogP contribution in [0.3, 0.4) is 0 Å². The van der Waals surface area contributed by atoms with Gasteiger partial charge in [0.1, 0.15) is 0 Å². The zero-order valence-electron chi connectivity index (χ0n) is 15.0. The molecule has 0 unspecified atom stereocenters. The molecule has 0 spiro atoms. The predicted molar refractivity (Wildman–Crippen MR) is 95.5 cm³/mol. The molecule has 4 nitrogen and oxygen atoms in total. The van der Waals surface area contributed by atoms with Crippen molar-refractivity contribution in [2.75, 3.05) is 26.7 Å². The first-order chi connectivity index (χ1) is 11.0. The third-order valence-corrected chi connectivity index (χ3v) is 4.87. The van der Waals surface area contributed by atoms with Crippen LogP contribution in [0.2, 0.25) is 0 Å². The minimum Gasteiger partial charge on any atom is -0.338 e. The molecule has 1 aromatic rings. The monoisotopic (exact) mass is 317 g/mol. The Labute approximate surface area is 140 Å². The topological polar surface area (TPSA) is 35.6 Å². The highest BCUT2D eigenvalue weighted by Crippen LogP contribution is 2.18. The fraction of sp³-hybridized carbons (Fsp3) is 0.632. The zero-order valence-corrected chi connectivity index (χ0v) is 15.0. The van der Waals surface area contributed by atoms with Gasteiger partial charge in [0, 0.05) is 26.2 Å². The molecule has 2 amide bonds. The molecule has 2 rings (SSSR count). The Morgan fingerprint density at radius 1 is 1.26 bits per heavy atom. The number of nitrogens with one attached hydrogen (secondary N) is 1. The average molecular weight is 317 g/mol. The molecule has 0 aromatic heterocycles. The largest absolute Gasteiger partial charge is 0.338 e. The maximum Gasteiger partial charge on any atom is 0.317 e. The quantitative estimate of drug-likeness (QED) is 0.905. The van der Waals surface area contributed by atoms with Crippen LogP contribution in [0.4, 0.5) is 4.79 Å². The number of nitrogens with zero attached hydrogens (tertiary/aromatic N) is 2. The first-order valence-corrected chi connectivity index (χ1v) is 8.74. The van der Waals surface area contributed by atoms with Crippen molar-refractivity contribution in [1.29, 1.82) is 0 Å². The second kappa shape index (κ2) is 8.34. The van der Waals surface area contributed by atoms with Crippen molar-refractivity contribution in [3.05, 3.63) is 35.4 Å². The number of carbonyl (C=O) groups is 1. The number of aryl methyl sites for hydroxylation is 1. The third-order valence-electron chi connectivity index (χ3n) is 4.87. The summed E-state index contributed by atoms with van der Waals surface area (Å²) < 4.78 is 0. The summed E-state index contributed by atoms with van der Waals surface area (Å²) in [5.41, 5.74) is 2.70. The van der Waals surface area contributed by atoms with E-state index in [1.165, 1.54) is 11.1 Å². The van der Waals surface area contributed by atoms with Crippen LogP contribution in [0.25, 0.3) is 0 Å². The first-order valence-electron chi connectivity index (χ1n) is 8.74. The van der Waals surface area contributed by atoms with Gasteiger partial charge in [-0.15, -0.1) is 0 Å². The van der Waals surface area contributed by atoms with Gasteiger partial charge in [0.15, 0.2) is 0 Å². The van der Waals surface area contributed by atoms with Crippen molar-refractivity contribution < 1.29 is 4.79 Å². The second-order valence-corrected chi connectivity index (χ2v) is 7.10. The molecular formula is C19H31N3O. The number of carbonyl (C=O) groups excluding carboxylic acids is 1. The van der Waals surface area contributed by atoms with E-state index in [2.05, 4.69) is 41.4 Å². The highest BCUT2D eigenvalue weighted by Gasteiger charge is 2.20. The Morgan fingerprint density at radius 3 is 2.43 bits per heavy atom. The number of amides is 2. The van der Waals surface area contributed by atoms with E-state index in [1.807, 2.05) is 20.9 Å². The Hall–Kier alpha value is -1.55. The fourth-order valence-corrected chi connectivity index (χ4v) is 2.89. The lowest BCUT2D eigenvalue weighted by atomic mass is 9.96. The lowest BCUT2D eigenvalue weighted by Crippen LogP contribution is -2.44. The molecule has 0 aliphatic carbocycles. The van der Waals surface area contributed by atoms with E-state index < -0.39 is 0 Å². The Bertz CT molecular complexity index is 490. The lowest BCUT2D eigenvalue weighted by molar-refractivity contribution is 0.168. The first kappa shape index (κ1) is 17.8. The number of piperidine rings is 1. The number of rotatable bonds is 5. The van der Waals surface area contributed by atoms with Crippen LogP contribution in [0, 0.1) is 12.8 Å². The lowest BCUT2D eigenvalue weighted by Gasteiger charge is -2.32. The van der Waals surface area contributed by atoms with Crippen molar-refractivity contribution in [2.24, 2.45) is 5.92 Å². The number of likely N-dealkylation sites (tertiary alicyclic amines) is 1. The van der Waals surface area contributed by atoms with Gasteiger partial charge in [-0.1, -0.05) is 29.8 Å². The molecule has 0 saturated carbocycles. The number of urea groups is 1. The molecule has 1 fully saturated rings. The van der Waals surface area contributed by atoms with Gasteiger partial charge in [-0.3, -0.25) is 4.90 Å². The molecule has 1 N–H and O–H groups in total. The standard InChI is InChI=1S/C19H31N3O/c1-15(2)21(4)19(23)20-13-17-9-11-22(12-10-17)14-18-7-5-16(3)6-8-18/h5-8,15,17H,9-14H2,1-4H3,(H,20,23). The van der Waals surface area contributed by atoms with Gasteiger partial charge in [-0.25, -0.2) is 4.79 Å². The van der Waals surface area contributed by atoms with Gasteiger partial charge >= 0.3 is 6.03 Å². The number of hydrogen-bond acceptors (Lipinski definition) is 2. The van der Waals surface area contributed by atoms with Crippen LogP contribution in [0.5, 0.6) is 0 Å².